The number of nitrogens with one attached hydrogen (secondary N) is 1. The first-order valence-corrected chi connectivity index (χ1v) is 10.8. The molecule has 0 amide bonds. The maximum absolute atomic E-state index is 12.9. The summed E-state index contributed by atoms with van der Waals surface area (Å²) in [5.41, 5.74) is 1.29. The number of methoxy groups -OCH3 is 2. The lowest BCUT2D eigenvalue weighted by atomic mass is 10.3. The summed E-state index contributed by atoms with van der Waals surface area (Å²) in [7, 11) is -0.724. The highest BCUT2D eigenvalue weighted by Gasteiger charge is 2.22. The summed E-state index contributed by atoms with van der Waals surface area (Å²) >= 11 is 2.91. The molecule has 6 nitrogen and oxygen atoms in total. The summed E-state index contributed by atoms with van der Waals surface area (Å²) < 4.78 is 38.7. The molecule has 3 rings (SSSR count). The first-order chi connectivity index (χ1) is 12.3. The summed E-state index contributed by atoms with van der Waals surface area (Å²) in [5.74, 6) is 1.01. The van der Waals surface area contributed by atoms with Gasteiger partial charge >= 0.3 is 0 Å². The zero-order valence-electron chi connectivity index (χ0n) is 14.7. The molecule has 3 aromatic rings. The SMILES string of the molecule is COc1cc(NS(=O)(=O)c2cc(-c3nc(C)cs3)sc2C)cc(OC)c1. The number of thiazole rings is 1. The molecule has 9 heteroatoms. The first-order valence-electron chi connectivity index (χ1n) is 7.61. The Balaban J connectivity index is 1.95. The van der Waals surface area contributed by atoms with Gasteiger partial charge in [-0.15, -0.1) is 22.7 Å². The number of hydrogen-bond acceptors (Lipinski definition) is 7. The second kappa shape index (κ2) is 7.26. The van der Waals surface area contributed by atoms with Crippen molar-refractivity contribution >= 4 is 38.4 Å². The fraction of sp³-hybridized carbons (Fsp3) is 0.235. The molecule has 0 aliphatic carbocycles. The second-order valence-electron chi connectivity index (χ2n) is 5.53. The highest BCUT2D eigenvalue weighted by atomic mass is 32.2. The molecule has 0 aliphatic heterocycles. The summed E-state index contributed by atoms with van der Waals surface area (Å²) in [6.45, 7) is 3.70. The number of rotatable bonds is 6. The van der Waals surface area contributed by atoms with E-state index in [4.69, 9.17) is 9.47 Å². The van der Waals surface area contributed by atoms with Crippen LogP contribution in [0.1, 0.15) is 10.6 Å². The van der Waals surface area contributed by atoms with Crippen molar-refractivity contribution in [2.45, 2.75) is 18.7 Å². The van der Waals surface area contributed by atoms with Crippen LogP contribution in [0.2, 0.25) is 0 Å². The minimum Gasteiger partial charge on any atom is -0.497 e. The number of thiophene rings is 1. The van der Waals surface area contributed by atoms with Crippen LogP contribution < -0.4 is 14.2 Å². The van der Waals surface area contributed by atoms with Crippen molar-refractivity contribution in [3.05, 3.63) is 40.2 Å². The van der Waals surface area contributed by atoms with Crippen LogP contribution in [0.3, 0.4) is 0 Å². The predicted octanol–water partition coefficient (Wildman–Crippen LogP) is 4.31. The lowest BCUT2D eigenvalue weighted by Gasteiger charge is -2.11. The zero-order valence-corrected chi connectivity index (χ0v) is 17.1. The first kappa shape index (κ1) is 18.7. The molecule has 26 heavy (non-hydrogen) atoms. The Morgan fingerprint density at radius 1 is 1.04 bits per heavy atom. The van der Waals surface area contributed by atoms with Crippen molar-refractivity contribution in [1.82, 2.24) is 4.98 Å². The van der Waals surface area contributed by atoms with E-state index in [2.05, 4.69) is 9.71 Å². The molecular formula is C17H18N2O4S3. The molecule has 0 atom stereocenters. The topological polar surface area (TPSA) is 77.5 Å². The van der Waals surface area contributed by atoms with Crippen LogP contribution in [0.5, 0.6) is 11.5 Å². The van der Waals surface area contributed by atoms with E-state index < -0.39 is 10.0 Å². The number of hydrogen-bond donors (Lipinski definition) is 1. The van der Waals surface area contributed by atoms with Gasteiger partial charge in [-0.3, -0.25) is 4.72 Å². The lowest BCUT2D eigenvalue weighted by molar-refractivity contribution is 0.395. The molecule has 0 bridgehead atoms. The van der Waals surface area contributed by atoms with Gasteiger partial charge in [0.05, 0.1) is 24.8 Å². The largest absolute Gasteiger partial charge is 0.497 e. The average Bonchev–Trinajstić information content (AvgIpc) is 3.20. The number of ether oxygens (including phenoxy) is 2. The molecule has 138 valence electrons. The Morgan fingerprint density at radius 2 is 1.69 bits per heavy atom. The van der Waals surface area contributed by atoms with Crippen LogP contribution in [-0.2, 0) is 10.0 Å². The molecule has 1 aromatic carbocycles. The quantitative estimate of drug-likeness (QED) is 0.655. The monoisotopic (exact) mass is 410 g/mol. The van der Waals surface area contributed by atoms with E-state index in [0.717, 1.165) is 15.6 Å². The molecule has 1 N–H and O–H groups in total. The Kier molecular flexibility index (Phi) is 5.22. The third-order valence-corrected chi connectivity index (χ3v) is 7.41. The van der Waals surface area contributed by atoms with E-state index in [0.29, 0.717) is 22.1 Å². The normalized spacial score (nSPS) is 11.4. The maximum Gasteiger partial charge on any atom is 0.263 e. The van der Waals surface area contributed by atoms with E-state index in [1.165, 1.54) is 36.9 Å². The second-order valence-corrected chi connectivity index (χ2v) is 9.30. The summed E-state index contributed by atoms with van der Waals surface area (Å²) in [6.07, 6.45) is 0. The van der Waals surface area contributed by atoms with E-state index in [9.17, 15) is 8.42 Å². The smallest absolute Gasteiger partial charge is 0.263 e. The minimum absolute atomic E-state index is 0.243. The summed E-state index contributed by atoms with van der Waals surface area (Å²) in [5, 5.41) is 2.76. The van der Waals surface area contributed by atoms with Crippen LogP contribution in [0.4, 0.5) is 5.69 Å². The standard InChI is InChI=1S/C17H18N2O4S3/c1-10-9-24-17(18-10)15-8-16(11(2)25-15)26(20,21)19-12-5-13(22-3)7-14(6-12)23-4/h5-9,19H,1-4H3. The van der Waals surface area contributed by atoms with Crippen LogP contribution in [0.15, 0.2) is 34.5 Å². The highest BCUT2D eigenvalue weighted by Crippen LogP contribution is 2.36. The zero-order chi connectivity index (χ0) is 18.9. The molecule has 0 unspecified atom stereocenters. The average molecular weight is 411 g/mol. The Bertz CT molecular complexity index is 1020. The van der Waals surface area contributed by atoms with Crippen molar-refractivity contribution in [1.29, 1.82) is 0 Å². The number of nitrogens with zero attached hydrogens (tertiary/aromatic N) is 1. The number of benzene rings is 1. The van der Waals surface area contributed by atoms with Gasteiger partial charge in [0, 0.05) is 34.2 Å². The van der Waals surface area contributed by atoms with Crippen molar-refractivity contribution in [3.63, 3.8) is 0 Å². The molecule has 0 aliphatic rings. The number of aromatic nitrogens is 1. The molecule has 2 aromatic heterocycles. The van der Waals surface area contributed by atoms with Gasteiger partial charge in [0.25, 0.3) is 10.0 Å². The van der Waals surface area contributed by atoms with E-state index in [-0.39, 0.29) is 4.90 Å². The molecule has 0 radical (unpaired) electrons. The molecule has 2 heterocycles. The predicted molar refractivity (Wildman–Crippen MR) is 105 cm³/mol. The van der Waals surface area contributed by atoms with Crippen LogP contribution in [0.25, 0.3) is 9.88 Å². The van der Waals surface area contributed by atoms with Crippen LogP contribution in [0, 0.1) is 13.8 Å². The van der Waals surface area contributed by atoms with Crippen molar-refractivity contribution in [2.24, 2.45) is 0 Å². The number of sulfonamides is 1. The fourth-order valence-corrected chi connectivity index (χ4v) is 5.87. The van der Waals surface area contributed by atoms with Crippen LogP contribution >= 0.6 is 22.7 Å². The third-order valence-electron chi connectivity index (χ3n) is 3.60. The van der Waals surface area contributed by atoms with Gasteiger partial charge in [-0.05, 0) is 19.9 Å². The third kappa shape index (κ3) is 3.84. The summed E-state index contributed by atoms with van der Waals surface area (Å²) in [4.78, 5) is 6.21. The highest BCUT2D eigenvalue weighted by molar-refractivity contribution is 7.93. The van der Waals surface area contributed by atoms with Gasteiger partial charge in [-0.1, -0.05) is 0 Å². The van der Waals surface area contributed by atoms with Crippen molar-refractivity contribution in [3.8, 4) is 21.4 Å². The Hall–Kier alpha value is -2.10. The van der Waals surface area contributed by atoms with Gasteiger partial charge in [0.15, 0.2) is 0 Å². The molecule has 0 spiro atoms. The Morgan fingerprint density at radius 3 is 2.23 bits per heavy atom. The van der Waals surface area contributed by atoms with Gasteiger partial charge in [0.2, 0.25) is 0 Å². The molecule has 0 saturated heterocycles. The fourth-order valence-electron chi connectivity index (χ4n) is 2.38. The minimum atomic E-state index is -3.75. The van der Waals surface area contributed by atoms with E-state index in [1.54, 1.807) is 31.2 Å². The van der Waals surface area contributed by atoms with Crippen LogP contribution in [-0.4, -0.2) is 27.6 Å². The van der Waals surface area contributed by atoms with Gasteiger partial charge in [0.1, 0.15) is 21.4 Å². The van der Waals surface area contributed by atoms with Crippen molar-refractivity contribution < 1.29 is 17.9 Å². The van der Waals surface area contributed by atoms with Gasteiger partial charge in [-0.25, -0.2) is 13.4 Å². The Labute approximate surface area is 160 Å². The number of anilines is 1. The van der Waals surface area contributed by atoms with Gasteiger partial charge < -0.3 is 9.47 Å². The van der Waals surface area contributed by atoms with E-state index in [1.807, 2.05) is 12.3 Å². The maximum atomic E-state index is 12.9. The summed E-state index contributed by atoms with van der Waals surface area (Å²) in [6, 6.07) is 6.55. The molecule has 0 saturated carbocycles. The van der Waals surface area contributed by atoms with Crippen molar-refractivity contribution in [2.75, 3.05) is 18.9 Å². The van der Waals surface area contributed by atoms with E-state index >= 15 is 0 Å². The molecule has 0 fully saturated rings. The lowest BCUT2D eigenvalue weighted by Crippen LogP contribution is -2.13. The molecular weight excluding hydrogens is 392 g/mol. The number of aryl methyl sites for hydroxylation is 2. The van der Waals surface area contributed by atoms with Gasteiger partial charge in [-0.2, -0.15) is 0 Å².